The highest BCUT2D eigenvalue weighted by molar-refractivity contribution is 6.30. The summed E-state index contributed by atoms with van der Waals surface area (Å²) in [5.41, 5.74) is 8.40. The lowest BCUT2D eigenvalue weighted by Crippen LogP contribution is -2.19. The number of hydrogen-bond donors (Lipinski definition) is 2. The van der Waals surface area contributed by atoms with Gasteiger partial charge in [0, 0.05) is 30.8 Å². The van der Waals surface area contributed by atoms with Gasteiger partial charge in [-0.05, 0) is 25.0 Å². The van der Waals surface area contributed by atoms with Crippen LogP contribution in [0.2, 0.25) is 5.02 Å². The third-order valence-electron chi connectivity index (χ3n) is 4.37. The van der Waals surface area contributed by atoms with Crippen molar-refractivity contribution in [2.45, 2.75) is 18.9 Å². The zero-order chi connectivity index (χ0) is 17.4. The number of nitrogens with two attached hydrogens (primary N) is 1. The SMILES string of the molecule is Cn1nc2nc(NC[C@H]3CCCO3)nc(-c3ccc(Cl)cc3)c2c1N. The van der Waals surface area contributed by atoms with Crippen LogP contribution in [0.15, 0.2) is 24.3 Å². The molecular formula is C17H19ClN6O. The molecule has 0 unspecified atom stereocenters. The molecule has 3 N–H and O–H groups in total. The van der Waals surface area contributed by atoms with Crippen LogP contribution >= 0.6 is 11.6 Å². The number of benzene rings is 1. The van der Waals surface area contributed by atoms with E-state index in [0.29, 0.717) is 29.0 Å². The number of aryl methyl sites for hydroxylation is 1. The molecule has 0 radical (unpaired) electrons. The van der Waals surface area contributed by atoms with Gasteiger partial charge in [-0.2, -0.15) is 10.1 Å². The molecule has 0 aliphatic carbocycles. The number of halogens is 1. The molecule has 2 aromatic heterocycles. The molecule has 7 nitrogen and oxygen atoms in total. The monoisotopic (exact) mass is 358 g/mol. The van der Waals surface area contributed by atoms with Crippen molar-refractivity contribution in [3.63, 3.8) is 0 Å². The lowest BCUT2D eigenvalue weighted by atomic mass is 10.1. The minimum Gasteiger partial charge on any atom is -0.383 e. The first-order valence-electron chi connectivity index (χ1n) is 8.23. The maximum atomic E-state index is 6.18. The van der Waals surface area contributed by atoms with Crippen LogP contribution in [0.3, 0.4) is 0 Å². The van der Waals surface area contributed by atoms with Crippen LogP contribution in [0.5, 0.6) is 0 Å². The van der Waals surface area contributed by atoms with Crippen molar-refractivity contribution in [2.75, 3.05) is 24.2 Å². The number of ether oxygens (including phenoxy) is 1. The fourth-order valence-corrected chi connectivity index (χ4v) is 3.15. The van der Waals surface area contributed by atoms with E-state index in [1.165, 1.54) is 0 Å². The van der Waals surface area contributed by atoms with Gasteiger partial charge >= 0.3 is 0 Å². The number of hydrogen-bond acceptors (Lipinski definition) is 6. The van der Waals surface area contributed by atoms with E-state index < -0.39 is 0 Å². The number of aromatic nitrogens is 4. The number of nitrogens with one attached hydrogen (secondary N) is 1. The Morgan fingerprint density at radius 1 is 1.32 bits per heavy atom. The topological polar surface area (TPSA) is 90.9 Å². The first-order valence-corrected chi connectivity index (χ1v) is 8.61. The highest BCUT2D eigenvalue weighted by atomic mass is 35.5. The number of nitrogen functional groups attached to an aromatic ring is 1. The maximum Gasteiger partial charge on any atom is 0.225 e. The van der Waals surface area contributed by atoms with Crippen molar-refractivity contribution in [1.82, 2.24) is 19.7 Å². The van der Waals surface area contributed by atoms with Gasteiger partial charge in [0.05, 0.1) is 17.2 Å². The third-order valence-corrected chi connectivity index (χ3v) is 4.62. The molecule has 25 heavy (non-hydrogen) atoms. The first kappa shape index (κ1) is 16.1. The Kier molecular flexibility index (Phi) is 4.19. The van der Waals surface area contributed by atoms with Crippen LogP contribution in [0.25, 0.3) is 22.3 Å². The Labute approximate surface area is 150 Å². The second-order valence-corrected chi connectivity index (χ2v) is 6.56. The van der Waals surface area contributed by atoms with Crippen LogP contribution < -0.4 is 11.1 Å². The number of rotatable bonds is 4. The van der Waals surface area contributed by atoms with Crippen molar-refractivity contribution < 1.29 is 4.74 Å². The van der Waals surface area contributed by atoms with E-state index in [1.54, 1.807) is 11.7 Å². The molecule has 3 heterocycles. The standard InChI is InChI=1S/C17H19ClN6O/c1-24-15(19)13-14(10-4-6-11(18)7-5-10)21-17(22-16(13)23-24)20-9-12-3-2-8-25-12/h4-7,12H,2-3,8-9,19H2,1H3,(H,20,22,23)/t12-/m1/s1. The number of nitrogens with zero attached hydrogens (tertiary/aromatic N) is 4. The predicted octanol–water partition coefficient (Wildman–Crippen LogP) is 2.86. The van der Waals surface area contributed by atoms with E-state index in [2.05, 4.69) is 20.4 Å². The van der Waals surface area contributed by atoms with Crippen molar-refractivity contribution in [3.05, 3.63) is 29.3 Å². The van der Waals surface area contributed by atoms with E-state index in [9.17, 15) is 0 Å². The summed E-state index contributed by atoms with van der Waals surface area (Å²) in [5, 5.41) is 9.08. The molecule has 1 aliphatic heterocycles. The normalized spacial score (nSPS) is 17.3. The lowest BCUT2D eigenvalue weighted by Gasteiger charge is -2.12. The zero-order valence-electron chi connectivity index (χ0n) is 13.9. The zero-order valence-corrected chi connectivity index (χ0v) is 14.6. The van der Waals surface area contributed by atoms with Crippen LogP contribution in [0.4, 0.5) is 11.8 Å². The largest absolute Gasteiger partial charge is 0.383 e. The summed E-state index contributed by atoms with van der Waals surface area (Å²) in [6.45, 7) is 1.49. The molecule has 0 amide bonds. The van der Waals surface area contributed by atoms with Crippen molar-refractivity contribution in [3.8, 4) is 11.3 Å². The molecule has 3 aromatic rings. The van der Waals surface area contributed by atoms with Gasteiger partial charge in [-0.3, -0.25) is 4.68 Å². The van der Waals surface area contributed by atoms with Gasteiger partial charge in [0.15, 0.2) is 5.65 Å². The summed E-state index contributed by atoms with van der Waals surface area (Å²) in [4.78, 5) is 9.19. The Hall–Kier alpha value is -2.38. The van der Waals surface area contributed by atoms with Crippen LogP contribution in [0, 0.1) is 0 Å². The lowest BCUT2D eigenvalue weighted by molar-refractivity contribution is 0.120. The van der Waals surface area contributed by atoms with E-state index >= 15 is 0 Å². The third kappa shape index (κ3) is 3.12. The van der Waals surface area contributed by atoms with Crippen LogP contribution in [-0.2, 0) is 11.8 Å². The molecule has 4 rings (SSSR count). The van der Waals surface area contributed by atoms with Crippen LogP contribution in [0.1, 0.15) is 12.8 Å². The molecule has 130 valence electrons. The van der Waals surface area contributed by atoms with Crippen LogP contribution in [-0.4, -0.2) is 39.0 Å². The average molecular weight is 359 g/mol. The second kappa shape index (κ2) is 6.50. The molecular weight excluding hydrogens is 340 g/mol. The van der Waals surface area contributed by atoms with E-state index in [-0.39, 0.29) is 6.10 Å². The van der Waals surface area contributed by atoms with Gasteiger partial charge in [0.25, 0.3) is 0 Å². The number of fused-ring (bicyclic) bond motifs is 1. The van der Waals surface area contributed by atoms with Crippen molar-refractivity contribution in [2.24, 2.45) is 7.05 Å². The Morgan fingerprint density at radius 3 is 2.84 bits per heavy atom. The smallest absolute Gasteiger partial charge is 0.225 e. The van der Waals surface area contributed by atoms with E-state index in [0.717, 1.165) is 36.1 Å². The predicted molar refractivity (Wildman–Crippen MR) is 98.6 cm³/mol. The molecule has 0 bridgehead atoms. The molecule has 1 atom stereocenters. The number of anilines is 2. The Bertz CT molecular complexity index is 902. The molecule has 1 saturated heterocycles. The Balaban J connectivity index is 1.76. The summed E-state index contributed by atoms with van der Waals surface area (Å²) in [7, 11) is 1.79. The van der Waals surface area contributed by atoms with Crippen molar-refractivity contribution >= 4 is 34.4 Å². The van der Waals surface area contributed by atoms with Gasteiger partial charge in [-0.15, -0.1) is 0 Å². The maximum absolute atomic E-state index is 6.18. The summed E-state index contributed by atoms with van der Waals surface area (Å²) in [6, 6.07) is 7.49. The van der Waals surface area contributed by atoms with Gasteiger partial charge in [0.2, 0.25) is 5.95 Å². The minimum atomic E-state index is 0.201. The molecule has 1 aromatic carbocycles. The first-order chi connectivity index (χ1) is 12.1. The van der Waals surface area contributed by atoms with Gasteiger partial charge < -0.3 is 15.8 Å². The molecule has 1 fully saturated rings. The van der Waals surface area contributed by atoms with Crippen molar-refractivity contribution in [1.29, 1.82) is 0 Å². The molecule has 1 aliphatic rings. The van der Waals surface area contributed by atoms with Gasteiger partial charge in [-0.1, -0.05) is 23.7 Å². The fourth-order valence-electron chi connectivity index (χ4n) is 3.02. The molecule has 0 spiro atoms. The average Bonchev–Trinajstić information content (AvgIpc) is 3.22. The fraction of sp³-hybridized carbons (Fsp3) is 0.353. The van der Waals surface area contributed by atoms with E-state index in [1.807, 2.05) is 24.3 Å². The van der Waals surface area contributed by atoms with Gasteiger partial charge in [-0.25, -0.2) is 4.98 Å². The molecule has 0 saturated carbocycles. The summed E-state index contributed by atoms with van der Waals surface area (Å²) >= 11 is 6.01. The highest BCUT2D eigenvalue weighted by Crippen LogP contribution is 2.31. The highest BCUT2D eigenvalue weighted by Gasteiger charge is 2.19. The van der Waals surface area contributed by atoms with E-state index in [4.69, 9.17) is 22.1 Å². The summed E-state index contributed by atoms with van der Waals surface area (Å²) in [5.74, 6) is 1.05. The summed E-state index contributed by atoms with van der Waals surface area (Å²) in [6.07, 6.45) is 2.35. The minimum absolute atomic E-state index is 0.201. The second-order valence-electron chi connectivity index (χ2n) is 6.13. The van der Waals surface area contributed by atoms with Gasteiger partial charge in [0.1, 0.15) is 5.82 Å². The summed E-state index contributed by atoms with van der Waals surface area (Å²) < 4.78 is 7.25. The molecule has 8 heteroatoms. The quantitative estimate of drug-likeness (QED) is 0.745. The Morgan fingerprint density at radius 2 is 2.12 bits per heavy atom.